The fourth-order valence-electron chi connectivity index (χ4n) is 8.21. The highest BCUT2D eigenvalue weighted by Gasteiger charge is 2.94. The molecule has 0 saturated carbocycles. The zero-order valence-electron chi connectivity index (χ0n) is 31.6. The van der Waals surface area contributed by atoms with Crippen molar-refractivity contribution in [3.8, 4) is 0 Å². The van der Waals surface area contributed by atoms with E-state index < -0.39 is 16.1 Å². The van der Waals surface area contributed by atoms with Crippen molar-refractivity contribution in [2.75, 3.05) is 44.4 Å². The fraction of sp³-hybridized carbons (Fsp3) is 0.684. The number of para-hydroxylation sites is 4. The van der Waals surface area contributed by atoms with Crippen molar-refractivity contribution in [2.45, 2.75) is 116 Å². The van der Waals surface area contributed by atoms with Crippen LogP contribution < -0.4 is 18.3 Å². The van der Waals surface area contributed by atoms with Gasteiger partial charge in [0.25, 0.3) is 0 Å². The second-order valence-electron chi connectivity index (χ2n) is 20.2. The number of benzene rings is 2. The van der Waals surface area contributed by atoms with E-state index >= 15 is 0 Å². The lowest BCUT2D eigenvalue weighted by Gasteiger charge is -2.75. The normalized spacial score (nSPS) is 22.8. The van der Waals surface area contributed by atoms with Gasteiger partial charge in [-0.3, -0.25) is 0 Å². The molecule has 1 unspecified atom stereocenters. The third-order valence-electron chi connectivity index (χ3n) is 9.87. The molecule has 5 rings (SSSR count). The maximum atomic E-state index is 8.17. The van der Waals surface area contributed by atoms with Crippen molar-refractivity contribution in [1.82, 2.24) is 0 Å². The van der Waals surface area contributed by atoms with Crippen molar-refractivity contribution in [3.63, 3.8) is 0 Å². The van der Waals surface area contributed by atoms with Crippen molar-refractivity contribution in [1.29, 1.82) is 0 Å². The summed E-state index contributed by atoms with van der Waals surface area (Å²) in [5.41, 5.74) is 5.87. The Bertz CT molecular complexity index is 1340. The molecule has 5 nitrogen and oxygen atoms in total. The number of rotatable bonds is 4. The monoisotopic (exact) mass is 648 g/mol. The standard InChI is InChI=1S/C38H64N4OSi2/c1-33(2,3)25-39-29-21-17-18-22-30(29)40(26-34(4,5)6)44(39)38(16,37(13,14)15)43-45(44)41(27-35(7,8)9)31-23-19-20-24-32(31)42(45)28-36(10,11)12/h17-24H,25-28H2,1-16H3. The Hall–Kier alpha value is -1.97. The maximum absolute atomic E-state index is 8.17. The molecular weight excluding hydrogens is 585 g/mol. The van der Waals surface area contributed by atoms with E-state index in [-0.39, 0.29) is 32.3 Å². The lowest BCUT2D eigenvalue weighted by Crippen LogP contribution is -3.07. The Morgan fingerprint density at radius 1 is 0.489 bits per heavy atom. The van der Waals surface area contributed by atoms with Gasteiger partial charge < -0.3 is 22.7 Å². The van der Waals surface area contributed by atoms with Gasteiger partial charge in [0.15, 0.2) is 0 Å². The molecule has 0 aliphatic carbocycles. The fourth-order valence-corrected chi connectivity index (χ4v) is 30.3. The molecule has 7 heteroatoms. The molecule has 3 aliphatic rings. The second-order valence-corrected chi connectivity index (χ2v) is 30.2. The van der Waals surface area contributed by atoms with Gasteiger partial charge in [-0.05, 0) is 58.3 Å². The van der Waals surface area contributed by atoms with E-state index in [2.05, 4.69) is 178 Å². The number of anilines is 4. The van der Waals surface area contributed by atoms with E-state index in [9.17, 15) is 0 Å². The summed E-state index contributed by atoms with van der Waals surface area (Å²) < 4.78 is 19.9. The number of fused-ring (bicyclic) bond motifs is 3. The molecule has 2 aromatic rings. The molecule has 250 valence electrons. The quantitative estimate of drug-likeness (QED) is 0.307. The van der Waals surface area contributed by atoms with Crippen molar-refractivity contribution < 1.29 is 4.43 Å². The van der Waals surface area contributed by atoms with E-state index in [0.29, 0.717) is 0 Å². The predicted molar refractivity (Wildman–Crippen MR) is 201 cm³/mol. The van der Waals surface area contributed by atoms with Crippen LogP contribution in [0, 0.1) is 27.1 Å². The van der Waals surface area contributed by atoms with Crippen LogP contribution in [0.25, 0.3) is 0 Å². The third kappa shape index (κ3) is 5.27. The molecule has 3 heterocycles. The van der Waals surface area contributed by atoms with Crippen LogP contribution in [0.4, 0.5) is 22.7 Å². The van der Waals surface area contributed by atoms with Crippen LogP contribution in [0.15, 0.2) is 48.5 Å². The van der Waals surface area contributed by atoms with Crippen LogP contribution in [-0.4, -0.2) is 47.5 Å². The highest BCUT2D eigenvalue weighted by Crippen LogP contribution is 2.68. The summed E-state index contributed by atoms with van der Waals surface area (Å²) in [5.74, 6) is 0. The molecule has 1 fully saturated rings. The summed E-state index contributed by atoms with van der Waals surface area (Å²) in [6, 6.07) is 18.7. The Kier molecular flexibility index (Phi) is 7.84. The van der Waals surface area contributed by atoms with Gasteiger partial charge in [-0.1, -0.05) is 128 Å². The van der Waals surface area contributed by atoms with E-state index in [1.807, 2.05) is 0 Å². The highest BCUT2D eigenvalue weighted by atomic mass is 29.3. The average molecular weight is 649 g/mol. The molecule has 1 atom stereocenters. The molecule has 3 aliphatic heterocycles. The molecule has 0 N–H and O–H groups in total. The SMILES string of the molecule is CC(C)(C)CN1c2ccccc2N(CC(C)(C)C)[Si]12OC(C)(C(C)(C)C)[Si]21N(CC(C)(C)C)c2ccccc2N1CC(C)(C)C. The van der Waals surface area contributed by atoms with Crippen LogP contribution in [0.5, 0.6) is 0 Å². The van der Waals surface area contributed by atoms with Crippen LogP contribution in [0.1, 0.15) is 111 Å². The molecule has 0 bridgehead atoms. The minimum Gasteiger partial charge on any atom is -0.376 e. The minimum absolute atomic E-state index is 0.0820. The molecule has 0 amide bonds. The number of hydrogen-bond acceptors (Lipinski definition) is 5. The van der Waals surface area contributed by atoms with E-state index in [4.69, 9.17) is 4.43 Å². The smallest absolute Gasteiger partial charge is 0.376 e. The Labute approximate surface area is 278 Å². The molecule has 2 spiro atoms. The Morgan fingerprint density at radius 2 is 0.756 bits per heavy atom. The number of hydrogen-bond donors (Lipinski definition) is 0. The summed E-state index contributed by atoms with van der Waals surface area (Å²) in [5, 5.41) is -0.337. The van der Waals surface area contributed by atoms with Gasteiger partial charge in [0.05, 0.1) is 28.0 Å². The summed E-state index contributed by atoms with van der Waals surface area (Å²) in [4.78, 5) is 0. The molecule has 0 radical (unpaired) electrons. The van der Waals surface area contributed by atoms with E-state index in [0.717, 1.165) is 26.2 Å². The summed E-state index contributed by atoms with van der Waals surface area (Å²) in [6.45, 7) is 42.8. The Morgan fingerprint density at radius 3 is 1.02 bits per heavy atom. The maximum Gasteiger partial charge on any atom is 0.448 e. The largest absolute Gasteiger partial charge is 0.448 e. The van der Waals surface area contributed by atoms with Gasteiger partial charge in [-0.15, -0.1) is 0 Å². The lowest BCUT2D eigenvalue weighted by atomic mass is 9.89. The van der Waals surface area contributed by atoms with Gasteiger partial charge in [-0.2, -0.15) is 0 Å². The third-order valence-corrected chi connectivity index (χ3v) is 26.2. The molecular formula is C38H64N4OSi2. The molecule has 2 aromatic carbocycles. The van der Waals surface area contributed by atoms with Crippen LogP contribution >= 0.6 is 0 Å². The first-order valence-corrected chi connectivity index (χ1v) is 22.0. The zero-order chi connectivity index (χ0) is 33.8. The molecule has 45 heavy (non-hydrogen) atoms. The zero-order valence-corrected chi connectivity index (χ0v) is 33.6. The summed E-state index contributed by atoms with van der Waals surface area (Å²) in [7, 11) is -5.85. The highest BCUT2D eigenvalue weighted by molar-refractivity contribution is 7.49. The van der Waals surface area contributed by atoms with Crippen LogP contribution in [0.3, 0.4) is 0 Å². The first-order chi connectivity index (χ1) is 20.3. The van der Waals surface area contributed by atoms with Gasteiger partial charge >= 0.3 is 16.1 Å². The van der Waals surface area contributed by atoms with Crippen LogP contribution in [0.2, 0.25) is 0 Å². The van der Waals surface area contributed by atoms with Crippen LogP contribution in [-0.2, 0) is 4.43 Å². The topological polar surface area (TPSA) is 22.2 Å². The average Bonchev–Trinajstić information content (AvgIpc) is 3.25. The molecule has 0 aromatic heterocycles. The van der Waals surface area contributed by atoms with Crippen molar-refractivity contribution >= 4 is 38.8 Å². The second kappa shape index (κ2) is 10.3. The lowest BCUT2D eigenvalue weighted by molar-refractivity contribution is 0.0122. The van der Waals surface area contributed by atoms with E-state index in [1.165, 1.54) is 22.7 Å². The first kappa shape index (κ1) is 34.4. The van der Waals surface area contributed by atoms with Gasteiger partial charge in [0.2, 0.25) is 0 Å². The summed E-state index contributed by atoms with van der Waals surface area (Å²) in [6.07, 6.45) is 0. The first-order valence-electron chi connectivity index (χ1n) is 17.3. The minimum atomic E-state index is -2.99. The van der Waals surface area contributed by atoms with E-state index in [1.54, 1.807) is 0 Å². The Balaban J connectivity index is 1.97. The van der Waals surface area contributed by atoms with Crippen molar-refractivity contribution in [3.05, 3.63) is 48.5 Å². The predicted octanol–water partition coefficient (Wildman–Crippen LogP) is 9.66. The van der Waals surface area contributed by atoms with Crippen molar-refractivity contribution in [2.24, 2.45) is 27.1 Å². The van der Waals surface area contributed by atoms with Gasteiger partial charge in [-0.25, -0.2) is 0 Å². The van der Waals surface area contributed by atoms with Gasteiger partial charge in [0, 0.05) is 26.2 Å². The summed E-state index contributed by atoms with van der Waals surface area (Å²) >= 11 is 0. The molecule has 1 saturated heterocycles. The van der Waals surface area contributed by atoms with Gasteiger partial charge in [0.1, 0.15) is 0 Å². The number of nitrogens with zero attached hydrogens (tertiary/aromatic N) is 4.